The molecule has 0 radical (unpaired) electrons. The van der Waals surface area contributed by atoms with Gasteiger partial charge >= 0.3 is 0 Å². The molecule has 3 N–H and O–H groups in total. The van der Waals surface area contributed by atoms with E-state index in [-0.39, 0.29) is 11.9 Å². The molecule has 0 spiro atoms. The lowest BCUT2D eigenvalue weighted by atomic mass is 10.0. The van der Waals surface area contributed by atoms with Crippen LogP contribution in [0.4, 0.5) is 4.39 Å². The Hall–Kier alpha value is -2.80. The summed E-state index contributed by atoms with van der Waals surface area (Å²) >= 11 is 1.17. The number of aromatic nitrogens is 1. The second-order valence-electron chi connectivity index (χ2n) is 7.18. The van der Waals surface area contributed by atoms with Crippen LogP contribution in [0, 0.1) is 5.82 Å². The second-order valence-corrected chi connectivity index (χ2v) is 7.96. The highest BCUT2D eigenvalue weighted by atomic mass is 32.1. The van der Waals surface area contributed by atoms with Crippen LogP contribution in [-0.4, -0.2) is 18.0 Å². The van der Waals surface area contributed by atoms with Gasteiger partial charge in [-0.05, 0) is 59.4 Å². The fourth-order valence-corrected chi connectivity index (χ4v) is 4.29. The highest BCUT2D eigenvalue weighted by molar-refractivity contribution is 7.13. The summed E-state index contributed by atoms with van der Waals surface area (Å²) in [6.07, 6.45) is 0.735. The van der Waals surface area contributed by atoms with Crippen LogP contribution in [0.3, 0.4) is 0 Å². The maximum Gasteiger partial charge on any atom is 0.142 e. The Morgan fingerprint density at radius 1 is 1.03 bits per heavy atom. The average molecular weight is 422 g/mol. The molecule has 0 aliphatic rings. The van der Waals surface area contributed by atoms with Gasteiger partial charge in [0.25, 0.3) is 0 Å². The molecule has 154 valence electrons. The van der Waals surface area contributed by atoms with Crippen LogP contribution in [0.15, 0.2) is 66.7 Å². The first-order valence-corrected chi connectivity index (χ1v) is 10.7. The molecule has 0 aliphatic carbocycles. The summed E-state index contributed by atoms with van der Waals surface area (Å²) in [5, 5.41) is 4.25. The van der Waals surface area contributed by atoms with E-state index in [1.54, 1.807) is 13.2 Å². The largest absolute Gasteiger partial charge is 0.497 e. The number of hydrogen-bond donors (Lipinski definition) is 2. The van der Waals surface area contributed by atoms with Gasteiger partial charge in [0.1, 0.15) is 11.6 Å². The topological polar surface area (TPSA) is 60.2 Å². The summed E-state index contributed by atoms with van der Waals surface area (Å²) in [4.78, 5) is 0. The van der Waals surface area contributed by atoms with Crippen LogP contribution in [0.25, 0.3) is 21.2 Å². The zero-order chi connectivity index (χ0) is 20.9. The Morgan fingerprint density at radius 3 is 2.43 bits per heavy atom. The summed E-state index contributed by atoms with van der Waals surface area (Å²) in [6.45, 7) is 1.53. The third-order valence-electron chi connectivity index (χ3n) is 5.17. The van der Waals surface area contributed by atoms with E-state index < -0.39 is 0 Å². The van der Waals surface area contributed by atoms with Crippen LogP contribution in [0.5, 0.6) is 5.75 Å². The van der Waals surface area contributed by atoms with Gasteiger partial charge < -0.3 is 15.8 Å². The third kappa shape index (κ3) is 4.51. The highest BCUT2D eigenvalue weighted by Crippen LogP contribution is 2.29. The number of halogens is 1. The number of nitrogens with one attached hydrogen (secondary N) is 1. The fourth-order valence-electron chi connectivity index (χ4n) is 3.44. The van der Waals surface area contributed by atoms with Crippen molar-refractivity contribution in [3.63, 3.8) is 0 Å². The Kier molecular flexibility index (Phi) is 6.38. The predicted octanol–water partition coefficient (Wildman–Crippen LogP) is 5.29. The van der Waals surface area contributed by atoms with Gasteiger partial charge in [-0.15, -0.1) is 0 Å². The quantitative estimate of drug-likeness (QED) is 0.380. The number of fused-ring (bicyclic) bond motifs is 1. The highest BCUT2D eigenvalue weighted by Gasteiger charge is 2.15. The normalized spacial score (nSPS) is 12.2. The molecule has 1 unspecified atom stereocenters. The molecule has 1 atom stereocenters. The van der Waals surface area contributed by atoms with E-state index in [1.165, 1.54) is 28.7 Å². The minimum absolute atomic E-state index is 0.217. The van der Waals surface area contributed by atoms with E-state index in [9.17, 15) is 4.39 Å². The van der Waals surface area contributed by atoms with Crippen molar-refractivity contribution in [2.75, 3.05) is 13.7 Å². The van der Waals surface area contributed by atoms with Crippen molar-refractivity contribution in [3.05, 3.63) is 83.8 Å². The Morgan fingerprint density at radius 2 is 1.73 bits per heavy atom. The molecule has 4 aromatic rings. The molecule has 1 aromatic heterocycles. The van der Waals surface area contributed by atoms with Crippen molar-refractivity contribution in [3.8, 4) is 16.9 Å². The number of hydrogen-bond acceptors (Lipinski definition) is 5. The SMILES string of the molecule is COc1ccc(-c2ccc(CNCCC(N)c3nsc4c(F)cccc34)cc2)cc1. The second kappa shape index (κ2) is 9.34. The summed E-state index contributed by atoms with van der Waals surface area (Å²) in [6, 6.07) is 21.4. The molecule has 6 heteroatoms. The minimum atomic E-state index is -0.236. The van der Waals surface area contributed by atoms with Crippen LogP contribution < -0.4 is 15.8 Å². The minimum Gasteiger partial charge on any atom is -0.497 e. The van der Waals surface area contributed by atoms with Gasteiger partial charge in [0, 0.05) is 18.0 Å². The first kappa shape index (κ1) is 20.5. The number of nitrogens with two attached hydrogens (primary N) is 1. The van der Waals surface area contributed by atoms with Gasteiger partial charge in [0.2, 0.25) is 0 Å². The van der Waals surface area contributed by atoms with Gasteiger partial charge in [0.05, 0.1) is 17.5 Å². The smallest absolute Gasteiger partial charge is 0.142 e. The lowest BCUT2D eigenvalue weighted by molar-refractivity contribution is 0.415. The molecule has 1 heterocycles. The lowest BCUT2D eigenvalue weighted by Crippen LogP contribution is -2.21. The summed E-state index contributed by atoms with van der Waals surface area (Å²) in [7, 11) is 1.67. The number of methoxy groups -OCH3 is 1. The zero-order valence-electron chi connectivity index (χ0n) is 16.8. The van der Waals surface area contributed by atoms with Crippen LogP contribution in [0.2, 0.25) is 0 Å². The van der Waals surface area contributed by atoms with Crippen LogP contribution >= 0.6 is 11.5 Å². The standard InChI is InChI=1S/C24H24FN3OS/c1-29-19-11-9-18(10-12-19)17-7-5-16(6-8-17)15-27-14-13-22(26)23-20-3-2-4-21(25)24(20)30-28-23/h2-12,22,27H,13-15,26H2,1H3. The fraction of sp³-hybridized carbons (Fsp3) is 0.208. The first-order valence-electron chi connectivity index (χ1n) is 9.89. The van der Waals surface area contributed by atoms with E-state index in [0.29, 0.717) is 4.70 Å². The van der Waals surface area contributed by atoms with E-state index in [1.807, 2.05) is 18.2 Å². The third-order valence-corrected chi connectivity index (χ3v) is 6.05. The van der Waals surface area contributed by atoms with Crippen molar-refractivity contribution >= 4 is 21.6 Å². The van der Waals surface area contributed by atoms with Crippen molar-refractivity contribution in [2.24, 2.45) is 5.73 Å². The van der Waals surface area contributed by atoms with Gasteiger partial charge in [-0.3, -0.25) is 0 Å². The van der Waals surface area contributed by atoms with E-state index in [4.69, 9.17) is 10.5 Å². The zero-order valence-corrected chi connectivity index (χ0v) is 17.6. The first-order chi connectivity index (χ1) is 14.7. The Bertz CT molecular complexity index is 1110. The van der Waals surface area contributed by atoms with Gasteiger partial charge in [-0.1, -0.05) is 48.5 Å². The summed E-state index contributed by atoms with van der Waals surface area (Å²) in [5.41, 5.74) is 10.6. The monoisotopic (exact) mass is 421 g/mol. The molecule has 0 aliphatic heterocycles. The van der Waals surface area contributed by atoms with E-state index in [2.05, 4.69) is 46.1 Å². The van der Waals surface area contributed by atoms with Gasteiger partial charge in [0.15, 0.2) is 0 Å². The molecular weight excluding hydrogens is 397 g/mol. The molecule has 4 rings (SSSR count). The van der Waals surface area contributed by atoms with Gasteiger partial charge in [-0.25, -0.2) is 4.39 Å². The van der Waals surface area contributed by atoms with Crippen LogP contribution in [-0.2, 0) is 6.54 Å². The molecular formula is C24H24FN3OS. The predicted molar refractivity (Wildman–Crippen MR) is 121 cm³/mol. The molecule has 4 nitrogen and oxygen atoms in total. The molecule has 0 fully saturated rings. The number of nitrogens with zero attached hydrogens (tertiary/aromatic N) is 1. The number of benzene rings is 3. The van der Waals surface area contributed by atoms with Crippen molar-refractivity contribution in [1.82, 2.24) is 9.69 Å². The summed E-state index contributed by atoms with van der Waals surface area (Å²) < 4.78 is 24.0. The molecule has 0 amide bonds. The molecule has 0 bridgehead atoms. The average Bonchev–Trinajstić information content (AvgIpc) is 3.23. The van der Waals surface area contributed by atoms with Gasteiger partial charge in [-0.2, -0.15) is 4.37 Å². The van der Waals surface area contributed by atoms with E-state index in [0.717, 1.165) is 41.9 Å². The molecule has 3 aromatic carbocycles. The van der Waals surface area contributed by atoms with Crippen molar-refractivity contribution < 1.29 is 9.13 Å². The van der Waals surface area contributed by atoms with Crippen molar-refractivity contribution in [2.45, 2.75) is 19.0 Å². The maximum atomic E-state index is 13.8. The Labute approximate surface area is 179 Å². The molecule has 0 saturated heterocycles. The lowest BCUT2D eigenvalue weighted by Gasteiger charge is -2.11. The van der Waals surface area contributed by atoms with Crippen molar-refractivity contribution in [1.29, 1.82) is 0 Å². The number of ether oxygens (including phenoxy) is 1. The summed E-state index contributed by atoms with van der Waals surface area (Å²) in [5.74, 6) is 0.619. The Balaban J connectivity index is 1.29. The van der Waals surface area contributed by atoms with E-state index >= 15 is 0 Å². The number of rotatable bonds is 8. The molecule has 0 saturated carbocycles. The maximum absolute atomic E-state index is 13.8. The molecule has 30 heavy (non-hydrogen) atoms. The van der Waals surface area contributed by atoms with Crippen LogP contribution in [0.1, 0.15) is 23.7 Å².